The second-order valence-electron chi connectivity index (χ2n) is 6.46. The third-order valence-electron chi connectivity index (χ3n) is 4.63. The fourth-order valence-electron chi connectivity index (χ4n) is 3.22. The molecule has 0 radical (unpaired) electrons. The molecule has 138 valence electrons. The average molecular weight is 397 g/mol. The zero-order valence-electron chi connectivity index (χ0n) is 15.0. The minimum absolute atomic E-state index is 0.155. The van der Waals surface area contributed by atoms with Crippen molar-refractivity contribution in [3.63, 3.8) is 0 Å². The first kappa shape index (κ1) is 18.2. The number of thioether (sulfide) groups is 1. The Morgan fingerprint density at radius 1 is 1.15 bits per heavy atom. The fraction of sp³-hybridized carbons (Fsp3) is 0.250. The van der Waals surface area contributed by atoms with Crippen LogP contribution in [0.2, 0.25) is 0 Å². The number of nitrogens with zero attached hydrogens (tertiary/aromatic N) is 3. The van der Waals surface area contributed by atoms with Gasteiger partial charge in [-0.3, -0.25) is 15.0 Å². The number of nitrogens with one attached hydrogen (secondary N) is 1. The van der Waals surface area contributed by atoms with Crippen molar-refractivity contribution in [3.8, 4) is 0 Å². The van der Waals surface area contributed by atoms with Crippen LogP contribution in [0.25, 0.3) is 0 Å². The molecule has 3 aromatic rings. The van der Waals surface area contributed by atoms with Crippen LogP contribution in [0, 0.1) is 0 Å². The number of amides is 1. The number of rotatable bonds is 5. The maximum Gasteiger partial charge on any atom is 0.257 e. The van der Waals surface area contributed by atoms with E-state index in [9.17, 15) is 4.79 Å². The minimum atomic E-state index is -0.155. The van der Waals surface area contributed by atoms with E-state index in [1.165, 1.54) is 39.8 Å². The minimum Gasteiger partial charge on any atom is -0.296 e. The van der Waals surface area contributed by atoms with Crippen LogP contribution in [0.3, 0.4) is 0 Å². The highest BCUT2D eigenvalue weighted by Gasteiger charge is 2.16. The molecule has 0 aliphatic carbocycles. The molecule has 4 rings (SSSR count). The van der Waals surface area contributed by atoms with E-state index in [0.717, 1.165) is 30.4 Å². The number of fused-ring (bicyclic) bond motifs is 1. The molecule has 0 saturated heterocycles. The Bertz CT molecular complexity index is 939. The number of anilines is 1. The van der Waals surface area contributed by atoms with E-state index >= 15 is 0 Å². The van der Waals surface area contributed by atoms with Gasteiger partial charge in [0.15, 0.2) is 4.34 Å². The number of benzene rings is 2. The number of hydrogen-bond acceptors (Lipinski definition) is 6. The highest BCUT2D eigenvalue weighted by atomic mass is 32.2. The number of carbonyl (C=O) groups is 1. The molecule has 5 nitrogen and oxygen atoms in total. The van der Waals surface area contributed by atoms with Gasteiger partial charge in [0.05, 0.1) is 0 Å². The second kappa shape index (κ2) is 8.21. The molecule has 27 heavy (non-hydrogen) atoms. The summed E-state index contributed by atoms with van der Waals surface area (Å²) in [7, 11) is 0. The largest absolute Gasteiger partial charge is 0.296 e. The van der Waals surface area contributed by atoms with Crippen LogP contribution in [-0.4, -0.2) is 33.8 Å². The number of hydrogen-bond donors (Lipinski definition) is 1. The van der Waals surface area contributed by atoms with Crippen molar-refractivity contribution in [1.29, 1.82) is 0 Å². The summed E-state index contributed by atoms with van der Waals surface area (Å²) in [6.07, 6.45) is 3.03. The third kappa shape index (κ3) is 4.37. The lowest BCUT2D eigenvalue weighted by molar-refractivity contribution is 0.102. The Kier molecular flexibility index (Phi) is 5.52. The van der Waals surface area contributed by atoms with Gasteiger partial charge in [-0.25, -0.2) is 0 Å². The van der Waals surface area contributed by atoms with Gasteiger partial charge in [0.25, 0.3) is 5.91 Å². The zero-order chi connectivity index (χ0) is 18.6. The topological polar surface area (TPSA) is 58.1 Å². The molecule has 2 heterocycles. The molecule has 1 amide bonds. The molecule has 0 saturated carbocycles. The van der Waals surface area contributed by atoms with E-state index in [0.29, 0.717) is 10.7 Å². The quantitative estimate of drug-likeness (QED) is 0.520. The molecular weight excluding hydrogens is 376 g/mol. The summed E-state index contributed by atoms with van der Waals surface area (Å²) in [5, 5.41) is 11.3. The van der Waals surface area contributed by atoms with Gasteiger partial charge in [-0.1, -0.05) is 59.5 Å². The van der Waals surface area contributed by atoms with Crippen molar-refractivity contribution in [1.82, 2.24) is 15.1 Å². The van der Waals surface area contributed by atoms with Crippen LogP contribution in [0.4, 0.5) is 5.13 Å². The maximum absolute atomic E-state index is 12.4. The van der Waals surface area contributed by atoms with Crippen molar-refractivity contribution < 1.29 is 4.79 Å². The van der Waals surface area contributed by atoms with E-state index in [1.54, 1.807) is 0 Å². The summed E-state index contributed by atoms with van der Waals surface area (Å²) in [6, 6.07) is 16.5. The van der Waals surface area contributed by atoms with Gasteiger partial charge in [-0.15, -0.1) is 10.2 Å². The van der Waals surface area contributed by atoms with E-state index < -0.39 is 0 Å². The normalized spacial score (nSPS) is 14.0. The summed E-state index contributed by atoms with van der Waals surface area (Å²) in [5.74, 6) is -0.155. The molecular formula is C20H20N4OS2. The van der Waals surface area contributed by atoms with Crippen LogP contribution in [0.1, 0.15) is 27.0 Å². The smallest absolute Gasteiger partial charge is 0.257 e. The zero-order valence-corrected chi connectivity index (χ0v) is 16.6. The second-order valence-corrected chi connectivity index (χ2v) is 8.49. The van der Waals surface area contributed by atoms with Crippen LogP contribution >= 0.6 is 23.1 Å². The van der Waals surface area contributed by atoms with Crippen LogP contribution in [0.5, 0.6) is 0 Å². The SMILES string of the molecule is CSc1nnc(NC(=O)c2ccc(CN3CCc4ccccc4C3)cc2)s1. The molecule has 7 heteroatoms. The summed E-state index contributed by atoms with van der Waals surface area (Å²) in [5.41, 5.74) is 4.72. The molecule has 1 N–H and O–H groups in total. The molecule has 1 aliphatic rings. The molecule has 0 spiro atoms. The molecule has 0 atom stereocenters. The van der Waals surface area contributed by atoms with E-state index in [1.807, 2.05) is 30.5 Å². The Labute approximate surface area is 166 Å². The van der Waals surface area contributed by atoms with E-state index in [-0.39, 0.29) is 5.91 Å². The van der Waals surface area contributed by atoms with E-state index in [4.69, 9.17) is 0 Å². The van der Waals surface area contributed by atoms with Gasteiger partial charge in [-0.05, 0) is 41.5 Å². The first-order valence-electron chi connectivity index (χ1n) is 8.78. The van der Waals surface area contributed by atoms with Gasteiger partial charge < -0.3 is 0 Å². The number of aromatic nitrogens is 2. The first-order valence-corrected chi connectivity index (χ1v) is 10.8. The van der Waals surface area contributed by atoms with Crippen LogP contribution < -0.4 is 5.32 Å². The summed E-state index contributed by atoms with van der Waals surface area (Å²) in [4.78, 5) is 14.8. The van der Waals surface area contributed by atoms with Gasteiger partial charge in [0.2, 0.25) is 5.13 Å². The monoisotopic (exact) mass is 396 g/mol. The highest BCUT2D eigenvalue weighted by molar-refractivity contribution is 8.00. The standard InChI is InChI=1S/C20H20N4OS2/c1-26-20-23-22-19(27-20)21-18(25)16-8-6-14(7-9-16)12-24-11-10-15-4-2-3-5-17(15)13-24/h2-9H,10-13H2,1H3,(H,21,22,25). The predicted octanol–water partition coefficient (Wildman–Crippen LogP) is 4.07. The molecule has 0 fully saturated rings. The average Bonchev–Trinajstić information content (AvgIpc) is 3.16. The Hall–Kier alpha value is -2.22. The van der Waals surface area contributed by atoms with Crippen molar-refractivity contribution >= 4 is 34.1 Å². The van der Waals surface area contributed by atoms with Crippen molar-refractivity contribution in [2.45, 2.75) is 23.8 Å². The van der Waals surface area contributed by atoms with Gasteiger partial charge >= 0.3 is 0 Å². The van der Waals surface area contributed by atoms with Crippen molar-refractivity contribution in [2.24, 2.45) is 0 Å². The third-order valence-corrected chi connectivity index (χ3v) is 6.45. The summed E-state index contributed by atoms with van der Waals surface area (Å²) < 4.78 is 0.837. The Morgan fingerprint density at radius 2 is 1.93 bits per heavy atom. The summed E-state index contributed by atoms with van der Waals surface area (Å²) >= 11 is 2.89. The van der Waals surface area contributed by atoms with Crippen LogP contribution in [-0.2, 0) is 19.5 Å². The summed E-state index contributed by atoms with van der Waals surface area (Å²) in [6.45, 7) is 2.94. The molecule has 1 aromatic heterocycles. The maximum atomic E-state index is 12.4. The van der Waals surface area contributed by atoms with Gasteiger partial charge in [0.1, 0.15) is 0 Å². The lowest BCUT2D eigenvalue weighted by atomic mass is 9.99. The van der Waals surface area contributed by atoms with Crippen molar-refractivity contribution in [2.75, 3.05) is 18.1 Å². The van der Waals surface area contributed by atoms with Gasteiger partial charge in [0, 0.05) is 25.2 Å². The van der Waals surface area contributed by atoms with E-state index in [2.05, 4.69) is 44.7 Å². The molecule has 0 bridgehead atoms. The molecule has 2 aromatic carbocycles. The Balaban J connectivity index is 1.37. The Morgan fingerprint density at radius 3 is 2.67 bits per heavy atom. The highest BCUT2D eigenvalue weighted by Crippen LogP contribution is 2.24. The molecule has 0 unspecified atom stereocenters. The van der Waals surface area contributed by atoms with Crippen molar-refractivity contribution in [3.05, 3.63) is 70.8 Å². The number of carbonyl (C=O) groups excluding carboxylic acids is 1. The lowest BCUT2D eigenvalue weighted by Crippen LogP contribution is -2.29. The van der Waals surface area contributed by atoms with Gasteiger partial charge in [-0.2, -0.15) is 0 Å². The van der Waals surface area contributed by atoms with Crippen LogP contribution in [0.15, 0.2) is 52.9 Å². The fourth-order valence-corrected chi connectivity index (χ4v) is 4.39. The first-order chi connectivity index (χ1) is 13.2. The molecule has 1 aliphatic heterocycles. The lowest BCUT2D eigenvalue weighted by Gasteiger charge is -2.28. The predicted molar refractivity (Wildman–Crippen MR) is 110 cm³/mol.